The average molecular weight is 298 g/mol. The van der Waals surface area contributed by atoms with Crippen molar-refractivity contribution in [3.05, 3.63) is 47.8 Å². The molecule has 114 valence electrons. The quantitative estimate of drug-likeness (QED) is 0.913. The Bertz CT molecular complexity index is 700. The molecule has 3 rings (SSSR count). The second-order valence-electron chi connectivity index (χ2n) is 5.43. The molecule has 0 aliphatic carbocycles. The molecule has 0 saturated carbocycles. The molecule has 0 spiro atoms. The number of nitrogens with zero attached hydrogens (tertiary/aromatic N) is 1. The lowest BCUT2D eigenvalue weighted by Gasteiger charge is -2.27. The molecule has 5 heteroatoms. The fraction of sp³-hybridized carbons (Fsp3) is 0.294. The maximum Gasteiger partial charge on any atom is 0.404 e. The molecule has 0 radical (unpaired) electrons. The number of carbonyl (C=O) groups is 1. The summed E-state index contributed by atoms with van der Waals surface area (Å²) < 4.78 is 5.89. The third-order valence-corrected chi connectivity index (χ3v) is 3.91. The second-order valence-corrected chi connectivity index (χ2v) is 5.43. The smallest absolute Gasteiger partial charge is 0.404 e. The fourth-order valence-corrected chi connectivity index (χ4v) is 2.86. The van der Waals surface area contributed by atoms with Crippen LogP contribution in [-0.2, 0) is 0 Å². The van der Waals surface area contributed by atoms with E-state index in [0.717, 1.165) is 34.6 Å². The van der Waals surface area contributed by atoms with Crippen molar-refractivity contribution in [2.45, 2.75) is 19.3 Å². The first kappa shape index (κ1) is 14.4. The molecular formula is C17H18N2O3. The molecule has 2 aromatic rings. The number of fused-ring (bicyclic) bond motifs is 1. The molecule has 2 N–H and O–H groups in total. The van der Waals surface area contributed by atoms with Crippen molar-refractivity contribution >= 4 is 6.09 Å². The Labute approximate surface area is 129 Å². The molecule has 22 heavy (non-hydrogen) atoms. The first-order valence-electron chi connectivity index (χ1n) is 7.30. The number of hydrogen-bond donors (Lipinski definition) is 2. The molecule has 2 heterocycles. The van der Waals surface area contributed by atoms with Gasteiger partial charge in [-0.3, -0.25) is 4.98 Å². The predicted molar refractivity (Wildman–Crippen MR) is 83.3 cm³/mol. The summed E-state index contributed by atoms with van der Waals surface area (Å²) in [6.45, 7) is 2.96. The molecular weight excluding hydrogens is 280 g/mol. The molecule has 0 bridgehead atoms. The van der Waals surface area contributed by atoms with E-state index in [1.165, 1.54) is 0 Å². The van der Waals surface area contributed by atoms with Crippen LogP contribution in [0.1, 0.15) is 23.6 Å². The monoisotopic (exact) mass is 298 g/mol. The molecule has 1 amide bonds. The van der Waals surface area contributed by atoms with E-state index in [9.17, 15) is 4.79 Å². The molecule has 0 saturated heterocycles. The highest BCUT2D eigenvalue weighted by Crippen LogP contribution is 2.40. The van der Waals surface area contributed by atoms with Gasteiger partial charge in [0.15, 0.2) is 0 Å². The van der Waals surface area contributed by atoms with E-state index >= 15 is 0 Å². The average Bonchev–Trinajstić information content (AvgIpc) is 2.52. The third kappa shape index (κ3) is 2.88. The van der Waals surface area contributed by atoms with Gasteiger partial charge >= 0.3 is 6.09 Å². The zero-order valence-electron chi connectivity index (χ0n) is 12.4. The van der Waals surface area contributed by atoms with Crippen molar-refractivity contribution in [1.82, 2.24) is 10.3 Å². The number of carboxylic acid groups (broad SMARTS) is 1. The number of rotatable bonds is 3. The summed E-state index contributed by atoms with van der Waals surface area (Å²) in [5, 5.41) is 11.3. The highest BCUT2D eigenvalue weighted by Gasteiger charge is 2.24. The maximum absolute atomic E-state index is 10.7. The number of benzene rings is 1. The van der Waals surface area contributed by atoms with Crippen LogP contribution in [0.4, 0.5) is 4.79 Å². The lowest BCUT2D eigenvalue weighted by Crippen LogP contribution is -2.29. The zero-order valence-corrected chi connectivity index (χ0v) is 12.4. The molecule has 0 fully saturated rings. The SMILES string of the molecule is Cc1cc(-c2cccc3c2OCC[C@@H]3CNC(=O)O)ccn1. The van der Waals surface area contributed by atoms with Gasteiger partial charge < -0.3 is 15.2 Å². The Morgan fingerprint density at radius 1 is 1.45 bits per heavy atom. The molecule has 0 unspecified atom stereocenters. The van der Waals surface area contributed by atoms with Crippen molar-refractivity contribution in [3.8, 4) is 16.9 Å². The Hall–Kier alpha value is -2.56. The number of nitrogens with one attached hydrogen (secondary N) is 1. The molecule has 1 aliphatic rings. The van der Waals surface area contributed by atoms with E-state index < -0.39 is 6.09 Å². The second kappa shape index (κ2) is 6.05. The van der Waals surface area contributed by atoms with Crippen molar-refractivity contribution < 1.29 is 14.6 Å². The van der Waals surface area contributed by atoms with E-state index in [1.807, 2.05) is 37.3 Å². The highest BCUT2D eigenvalue weighted by atomic mass is 16.5. The van der Waals surface area contributed by atoms with Gasteiger partial charge in [-0.2, -0.15) is 0 Å². The van der Waals surface area contributed by atoms with Crippen LogP contribution in [-0.4, -0.2) is 29.3 Å². The van der Waals surface area contributed by atoms with Crippen LogP contribution in [0, 0.1) is 6.92 Å². The summed E-state index contributed by atoms with van der Waals surface area (Å²) in [7, 11) is 0. The van der Waals surface area contributed by atoms with E-state index in [4.69, 9.17) is 9.84 Å². The molecule has 1 aromatic carbocycles. The molecule has 1 aliphatic heterocycles. The van der Waals surface area contributed by atoms with E-state index in [1.54, 1.807) is 6.20 Å². The van der Waals surface area contributed by atoms with Crippen LogP contribution < -0.4 is 10.1 Å². The van der Waals surface area contributed by atoms with Gasteiger partial charge in [-0.15, -0.1) is 0 Å². The normalized spacial score (nSPS) is 16.5. The van der Waals surface area contributed by atoms with Gasteiger partial charge in [0.05, 0.1) is 6.61 Å². The van der Waals surface area contributed by atoms with E-state index in [-0.39, 0.29) is 5.92 Å². The van der Waals surface area contributed by atoms with Crippen LogP contribution in [0.5, 0.6) is 5.75 Å². The summed E-state index contributed by atoms with van der Waals surface area (Å²) in [5.41, 5.74) is 4.11. The summed E-state index contributed by atoms with van der Waals surface area (Å²) in [4.78, 5) is 15.0. The minimum Gasteiger partial charge on any atom is -0.493 e. The minimum absolute atomic E-state index is 0.141. The lowest BCUT2D eigenvalue weighted by molar-refractivity contribution is 0.191. The number of aryl methyl sites for hydroxylation is 1. The summed E-state index contributed by atoms with van der Waals surface area (Å²) in [5.74, 6) is 0.999. The first-order chi connectivity index (χ1) is 10.6. The molecule has 1 atom stereocenters. The van der Waals surface area contributed by atoms with Crippen molar-refractivity contribution in [3.63, 3.8) is 0 Å². The van der Waals surface area contributed by atoms with Gasteiger partial charge in [0.2, 0.25) is 0 Å². The van der Waals surface area contributed by atoms with E-state index in [0.29, 0.717) is 13.2 Å². The molecule has 5 nitrogen and oxygen atoms in total. The number of para-hydroxylation sites is 1. The van der Waals surface area contributed by atoms with Gasteiger partial charge in [0.1, 0.15) is 5.75 Å². The fourth-order valence-electron chi connectivity index (χ4n) is 2.86. The molecule has 1 aromatic heterocycles. The van der Waals surface area contributed by atoms with Crippen molar-refractivity contribution in [1.29, 1.82) is 0 Å². The van der Waals surface area contributed by atoms with Crippen LogP contribution in [0.3, 0.4) is 0 Å². The Kier molecular flexibility index (Phi) is 3.96. The number of pyridine rings is 1. The largest absolute Gasteiger partial charge is 0.493 e. The van der Waals surface area contributed by atoms with E-state index in [2.05, 4.69) is 10.3 Å². The van der Waals surface area contributed by atoms with Crippen LogP contribution in [0.15, 0.2) is 36.5 Å². The van der Waals surface area contributed by atoms with Gasteiger partial charge in [-0.05, 0) is 36.6 Å². The van der Waals surface area contributed by atoms with Gasteiger partial charge in [-0.1, -0.05) is 18.2 Å². The number of aromatic nitrogens is 1. The Balaban J connectivity index is 1.98. The summed E-state index contributed by atoms with van der Waals surface area (Å²) >= 11 is 0. The topological polar surface area (TPSA) is 71.5 Å². The van der Waals surface area contributed by atoms with Crippen LogP contribution >= 0.6 is 0 Å². The van der Waals surface area contributed by atoms with Crippen LogP contribution in [0.25, 0.3) is 11.1 Å². The third-order valence-electron chi connectivity index (χ3n) is 3.91. The van der Waals surface area contributed by atoms with Gasteiger partial charge in [-0.25, -0.2) is 4.79 Å². The van der Waals surface area contributed by atoms with Gasteiger partial charge in [0, 0.05) is 29.9 Å². The number of hydrogen-bond acceptors (Lipinski definition) is 3. The number of ether oxygens (including phenoxy) is 1. The number of amides is 1. The summed E-state index contributed by atoms with van der Waals surface area (Å²) in [6, 6.07) is 10.0. The zero-order chi connectivity index (χ0) is 15.5. The predicted octanol–water partition coefficient (Wildman–Crippen LogP) is 3.19. The maximum atomic E-state index is 10.7. The van der Waals surface area contributed by atoms with Gasteiger partial charge in [0.25, 0.3) is 0 Å². The Morgan fingerprint density at radius 3 is 3.09 bits per heavy atom. The highest BCUT2D eigenvalue weighted by molar-refractivity contribution is 5.73. The van der Waals surface area contributed by atoms with Crippen molar-refractivity contribution in [2.75, 3.05) is 13.2 Å². The Morgan fingerprint density at radius 2 is 2.32 bits per heavy atom. The standard InChI is InChI=1S/C17H18N2O3/c1-11-9-12(5-7-18-11)14-3-2-4-15-13(10-19-17(20)21)6-8-22-16(14)15/h2-5,7,9,13,19H,6,8,10H2,1H3,(H,20,21)/t13-/m1/s1. The van der Waals surface area contributed by atoms with Crippen LogP contribution in [0.2, 0.25) is 0 Å². The lowest BCUT2D eigenvalue weighted by atomic mass is 9.89. The minimum atomic E-state index is -0.992. The first-order valence-corrected chi connectivity index (χ1v) is 7.30. The summed E-state index contributed by atoms with van der Waals surface area (Å²) in [6.07, 6.45) is 1.61. The van der Waals surface area contributed by atoms with Crippen molar-refractivity contribution in [2.24, 2.45) is 0 Å².